The number of nitrogens with zero attached hydrogens (tertiary/aromatic N) is 2. The minimum atomic E-state index is -4.79. The quantitative estimate of drug-likeness (QED) is 0.676. The topological polar surface area (TPSA) is 56.7 Å². The number of amides is 1. The molecule has 2 aromatic carbocycles. The molecule has 1 heterocycles. The summed E-state index contributed by atoms with van der Waals surface area (Å²) in [6.45, 7) is 0.155. The lowest BCUT2D eigenvalue weighted by Crippen LogP contribution is -2.45. The van der Waals surface area contributed by atoms with Gasteiger partial charge in [0, 0.05) is 19.8 Å². The van der Waals surface area contributed by atoms with Gasteiger partial charge in [0.15, 0.2) is 6.29 Å². The van der Waals surface area contributed by atoms with Gasteiger partial charge < -0.3 is 15.5 Å². The molecular formula is C20H17Cl2F3N4O. The van der Waals surface area contributed by atoms with Crippen molar-refractivity contribution in [2.24, 2.45) is 4.99 Å². The second-order valence-electron chi connectivity index (χ2n) is 6.50. The van der Waals surface area contributed by atoms with E-state index >= 15 is 0 Å². The van der Waals surface area contributed by atoms with Crippen molar-refractivity contribution in [3.05, 3.63) is 75.4 Å². The van der Waals surface area contributed by atoms with Gasteiger partial charge >= 0.3 is 6.18 Å². The van der Waals surface area contributed by atoms with Crippen LogP contribution in [0.3, 0.4) is 0 Å². The molecule has 0 saturated heterocycles. The Balaban J connectivity index is 1.81. The number of alkyl halides is 3. The Morgan fingerprint density at radius 2 is 1.87 bits per heavy atom. The van der Waals surface area contributed by atoms with E-state index in [2.05, 4.69) is 15.6 Å². The van der Waals surface area contributed by atoms with E-state index in [1.165, 1.54) is 11.9 Å². The molecule has 0 radical (unpaired) electrons. The average Bonchev–Trinajstić information content (AvgIpc) is 2.71. The van der Waals surface area contributed by atoms with Crippen LogP contribution in [0.2, 0.25) is 10.0 Å². The van der Waals surface area contributed by atoms with E-state index in [0.717, 1.165) is 11.8 Å². The van der Waals surface area contributed by atoms with E-state index in [4.69, 9.17) is 23.2 Å². The molecule has 0 bridgehead atoms. The fourth-order valence-electron chi connectivity index (χ4n) is 2.83. The third-order valence-electron chi connectivity index (χ3n) is 4.27. The number of nitrogens with one attached hydrogen (secondary N) is 2. The number of aliphatic imine (C=N–C) groups is 1. The van der Waals surface area contributed by atoms with Crippen LogP contribution in [-0.4, -0.2) is 36.5 Å². The Bertz CT molecular complexity index is 993. The maximum atomic E-state index is 13.7. The lowest BCUT2D eigenvalue weighted by molar-refractivity contribution is -0.127. The number of carbonyl (C=O) groups excluding carboxylic acids is 1. The van der Waals surface area contributed by atoms with Crippen LogP contribution in [0.5, 0.6) is 0 Å². The first-order chi connectivity index (χ1) is 14.2. The molecule has 1 amide bonds. The van der Waals surface area contributed by atoms with E-state index in [1.54, 1.807) is 42.5 Å². The zero-order valence-corrected chi connectivity index (χ0v) is 17.2. The minimum absolute atomic E-state index is 0.151. The highest BCUT2D eigenvalue weighted by atomic mass is 35.5. The molecule has 0 saturated carbocycles. The van der Waals surface area contributed by atoms with Crippen LogP contribution in [-0.2, 0) is 11.3 Å². The summed E-state index contributed by atoms with van der Waals surface area (Å²) in [6.07, 6.45) is -5.06. The second-order valence-corrected chi connectivity index (χ2v) is 7.29. The molecule has 0 spiro atoms. The summed E-state index contributed by atoms with van der Waals surface area (Å²) in [5.74, 6) is -0.804. The van der Waals surface area contributed by atoms with Gasteiger partial charge in [-0.2, -0.15) is 13.2 Å². The molecule has 1 aliphatic heterocycles. The number of carbonyl (C=O) groups is 1. The fourth-order valence-corrected chi connectivity index (χ4v) is 3.19. The van der Waals surface area contributed by atoms with E-state index in [-0.39, 0.29) is 16.6 Å². The summed E-state index contributed by atoms with van der Waals surface area (Å²) < 4.78 is 41.0. The summed E-state index contributed by atoms with van der Waals surface area (Å²) in [5, 5.41) is 5.36. The highest BCUT2D eigenvalue weighted by Gasteiger charge is 2.41. The predicted molar refractivity (Wildman–Crippen MR) is 111 cm³/mol. The molecule has 1 unspecified atom stereocenters. The highest BCUT2D eigenvalue weighted by Crippen LogP contribution is 2.32. The van der Waals surface area contributed by atoms with Gasteiger partial charge in [0.25, 0.3) is 5.91 Å². The number of benzene rings is 2. The molecule has 1 atom stereocenters. The van der Waals surface area contributed by atoms with Crippen molar-refractivity contribution >= 4 is 41.0 Å². The number of halogens is 5. The molecule has 158 valence electrons. The molecule has 10 heteroatoms. The second kappa shape index (κ2) is 8.97. The monoisotopic (exact) mass is 456 g/mol. The first-order valence-corrected chi connectivity index (χ1v) is 9.53. The molecular weight excluding hydrogens is 440 g/mol. The molecule has 5 nitrogen and oxygen atoms in total. The predicted octanol–water partition coefficient (Wildman–Crippen LogP) is 4.84. The van der Waals surface area contributed by atoms with Gasteiger partial charge in [0.1, 0.15) is 5.70 Å². The first kappa shape index (κ1) is 22.0. The Labute approximate surface area is 181 Å². The molecule has 30 heavy (non-hydrogen) atoms. The SMILES string of the molecule is CN(Cc1ccccc1)C(=O)C1=C(C(F)(F)F)NC(Nc2cccc(Cl)c2Cl)N=C1. The third kappa shape index (κ3) is 5.06. The van der Waals surface area contributed by atoms with Gasteiger partial charge in [-0.3, -0.25) is 4.79 Å². The number of hydrogen-bond donors (Lipinski definition) is 2. The van der Waals surface area contributed by atoms with Crippen molar-refractivity contribution in [1.29, 1.82) is 0 Å². The van der Waals surface area contributed by atoms with Crippen molar-refractivity contribution in [1.82, 2.24) is 10.2 Å². The molecule has 3 rings (SSSR count). The van der Waals surface area contributed by atoms with Crippen molar-refractivity contribution in [2.75, 3.05) is 12.4 Å². The summed E-state index contributed by atoms with van der Waals surface area (Å²) in [6, 6.07) is 13.6. The van der Waals surface area contributed by atoms with Gasteiger partial charge in [-0.05, 0) is 17.7 Å². The number of allylic oxidation sites excluding steroid dienone is 1. The average molecular weight is 457 g/mol. The van der Waals surface area contributed by atoms with Crippen LogP contribution in [0.25, 0.3) is 0 Å². The largest absolute Gasteiger partial charge is 0.431 e. The minimum Gasteiger partial charge on any atom is -0.346 e. The van der Waals surface area contributed by atoms with Crippen molar-refractivity contribution in [3.8, 4) is 0 Å². The smallest absolute Gasteiger partial charge is 0.346 e. The summed E-state index contributed by atoms with van der Waals surface area (Å²) in [7, 11) is 1.43. The van der Waals surface area contributed by atoms with E-state index < -0.39 is 29.6 Å². The maximum absolute atomic E-state index is 13.7. The standard InChI is InChI=1S/C20H17Cl2F3N4O/c1-29(11-12-6-3-2-4-7-12)18(30)13-10-26-19(28-17(13)20(23,24)25)27-15-9-5-8-14(21)16(15)22/h2-10,19,27-28H,11H2,1H3. The van der Waals surface area contributed by atoms with Crippen molar-refractivity contribution in [2.45, 2.75) is 19.0 Å². The van der Waals surface area contributed by atoms with Crippen molar-refractivity contribution in [3.63, 3.8) is 0 Å². The van der Waals surface area contributed by atoms with Gasteiger partial charge in [0.2, 0.25) is 0 Å². The maximum Gasteiger partial charge on any atom is 0.431 e. The van der Waals surface area contributed by atoms with Gasteiger partial charge in [-0.1, -0.05) is 59.6 Å². The lowest BCUT2D eigenvalue weighted by atomic mass is 10.1. The Hall–Kier alpha value is -2.71. The van der Waals surface area contributed by atoms with Crippen LogP contribution in [0, 0.1) is 0 Å². The van der Waals surface area contributed by atoms with Crippen molar-refractivity contribution < 1.29 is 18.0 Å². The zero-order chi connectivity index (χ0) is 21.9. The first-order valence-electron chi connectivity index (χ1n) is 8.78. The van der Waals surface area contributed by atoms with Crippen LogP contribution in [0.4, 0.5) is 18.9 Å². The fraction of sp³-hybridized carbons (Fsp3) is 0.200. The zero-order valence-electron chi connectivity index (χ0n) is 15.7. The lowest BCUT2D eigenvalue weighted by Gasteiger charge is -2.28. The van der Waals surface area contributed by atoms with Crippen LogP contribution in [0.15, 0.2) is 64.8 Å². The molecule has 0 fully saturated rings. The van der Waals surface area contributed by atoms with Crippen LogP contribution in [0.1, 0.15) is 5.56 Å². The number of hydrogen-bond acceptors (Lipinski definition) is 4. The Morgan fingerprint density at radius 1 is 1.17 bits per heavy atom. The molecule has 1 aliphatic rings. The van der Waals surface area contributed by atoms with E-state index in [1.807, 2.05) is 6.07 Å². The van der Waals surface area contributed by atoms with Gasteiger partial charge in [-0.15, -0.1) is 0 Å². The highest BCUT2D eigenvalue weighted by molar-refractivity contribution is 6.43. The molecule has 0 aliphatic carbocycles. The van der Waals surface area contributed by atoms with Gasteiger partial charge in [-0.25, -0.2) is 4.99 Å². The van der Waals surface area contributed by atoms with Gasteiger partial charge in [0.05, 0.1) is 21.3 Å². The van der Waals surface area contributed by atoms with E-state index in [9.17, 15) is 18.0 Å². The van der Waals surface area contributed by atoms with Crippen LogP contribution < -0.4 is 10.6 Å². The summed E-state index contributed by atoms with van der Waals surface area (Å²) in [4.78, 5) is 17.9. The normalized spacial score (nSPS) is 16.3. The summed E-state index contributed by atoms with van der Waals surface area (Å²) >= 11 is 12.0. The number of anilines is 1. The number of rotatable bonds is 5. The third-order valence-corrected chi connectivity index (χ3v) is 5.09. The molecule has 2 N–H and O–H groups in total. The summed E-state index contributed by atoms with van der Waals surface area (Å²) in [5.41, 5.74) is -0.663. The number of likely N-dealkylation sites (N-methyl/N-ethyl adjacent to an activating group) is 1. The molecule has 0 aromatic heterocycles. The Morgan fingerprint density at radius 3 is 2.53 bits per heavy atom. The van der Waals surface area contributed by atoms with Crippen LogP contribution >= 0.6 is 23.2 Å². The molecule has 2 aromatic rings. The van der Waals surface area contributed by atoms with E-state index in [0.29, 0.717) is 5.69 Å². The Kier molecular flexibility index (Phi) is 6.58.